The second kappa shape index (κ2) is 6.42. The van der Waals surface area contributed by atoms with Crippen molar-refractivity contribution in [2.24, 2.45) is 5.73 Å². The standard InChI is InChI=1S/C11H17N3O3S3/c1-20(16,17)10-7-18-5-4-14(10)11(15)8-6-19-9(13-8)2-3-12/h6,10H,2-5,7,12H2,1H3. The lowest BCUT2D eigenvalue weighted by Gasteiger charge is -2.33. The molecular formula is C11H17N3O3S3. The molecule has 0 saturated carbocycles. The molecule has 0 spiro atoms. The van der Waals surface area contributed by atoms with E-state index in [0.717, 1.165) is 10.8 Å². The molecule has 0 aliphatic carbocycles. The number of sulfone groups is 1. The molecule has 0 bridgehead atoms. The second-order valence-electron chi connectivity index (χ2n) is 4.52. The number of thiazole rings is 1. The Morgan fingerprint density at radius 3 is 3.00 bits per heavy atom. The van der Waals surface area contributed by atoms with Gasteiger partial charge in [-0.25, -0.2) is 13.4 Å². The number of thioether (sulfide) groups is 1. The normalized spacial score (nSPS) is 20.1. The molecule has 6 nitrogen and oxygen atoms in total. The summed E-state index contributed by atoms with van der Waals surface area (Å²) in [5.74, 6) is 0.863. The molecule has 2 heterocycles. The van der Waals surface area contributed by atoms with Gasteiger partial charge in [-0.15, -0.1) is 11.3 Å². The third kappa shape index (κ3) is 3.51. The van der Waals surface area contributed by atoms with Gasteiger partial charge in [-0.1, -0.05) is 0 Å². The van der Waals surface area contributed by atoms with Crippen LogP contribution >= 0.6 is 23.1 Å². The van der Waals surface area contributed by atoms with Crippen LogP contribution in [0.5, 0.6) is 0 Å². The molecule has 2 N–H and O–H groups in total. The first kappa shape index (κ1) is 15.7. The summed E-state index contributed by atoms with van der Waals surface area (Å²) in [6, 6.07) is 0. The predicted octanol–water partition coefficient (Wildman–Crippen LogP) is 0.204. The quantitative estimate of drug-likeness (QED) is 0.845. The summed E-state index contributed by atoms with van der Waals surface area (Å²) in [5.41, 5.74) is 5.78. The number of nitrogens with zero attached hydrogens (tertiary/aromatic N) is 2. The maximum atomic E-state index is 12.4. The summed E-state index contributed by atoms with van der Waals surface area (Å²) < 4.78 is 23.6. The van der Waals surface area contributed by atoms with Gasteiger partial charge in [-0.05, 0) is 6.54 Å². The van der Waals surface area contributed by atoms with Crippen LogP contribution in [0.2, 0.25) is 0 Å². The number of amides is 1. The lowest BCUT2D eigenvalue weighted by atomic mass is 10.3. The Labute approximate surface area is 126 Å². The molecule has 1 atom stereocenters. The fraction of sp³-hybridized carbons (Fsp3) is 0.636. The van der Waals surface area contributed by atoms with Crippen molar-refractivity contribution in [3.8, 4) is 0 Å². The smallest absolute Gasteiger partial charge is 0.274 e. The fourth-order valence-electron chi connectivity index (χ4n) is 1.96. The Morgan fingerprint density at radius 2 is 2.35 bits per heavy atom. The first-order chi connectivity index (χ1) is 9.43. The van der Waals surface area contributed by atoms with Gasteiger partial charge in [0.2, 0.25) is 0 Å². The summed E-state index contributed by atoms with van der Waals surface area (Å²) in [6.07, 6.45) is 1.80. The zero-order valence-electron chi connectivity index (χ0n) is 11.1. The lowest BCUT2D eigenvalue weighted by Crippen LogP contribution is -2.50. The Kier molecular flexibility index (Phi) is 5.05. The SMILES string of the molecule is CS(=O)(=O)C1CSCCN1C(=O)c1csc(CCN)n1. The summed E-state index contributed by atoms with van der Waals surface area (Å²) in [4.78, 5) is 18.1. The van der Waals surface area contributed by atoms with Gasteiger partial charge in [-0.2, -0.15) is 11.8 Å². The average Bonchev–Trinajstić information content (AvgIpc) is 2.86. The predicted molar refractivity (Wildman–Crippen MR) is 81.9 cm³/mol. The van der Waals surface area contributed by atoms with Gasteiger partial charge in [0.1, 0.15) is 11.1 Å². The van der Waals surface area contributed by atoms with Crippen molar-refractivity contribution >= 4 is 38.8 Å². The van der Waals surface area contributed by atoms with E-state index in [1.54, 1.807) is 17.1 Å². The van der Waals surface area contributed by atoms with Gasteiger partial charge >= 0.3 is 0 Å². The van der Waals surface area contributed by atoms with E-state index < -0.39 is 15.2 Å². The number of rotatable bonds is 4. The summed E-state index contributed by atoms with van der Waals surface area (Å²) in [7, 11) is -3.29. The van der Waals surface area contributed by atoms with Crippen LogP contribution in [0.1, 0.15) is 15.5 Å². The molecule has 1 saturated heterocycles. The topological polar surface area (TPSA) is 93.4 Å². The molecule has 0 radical (unpaired) electrons. The minimum Gasteiger partial charge on any atom is -0.330 e. The van der Waals surface area contributed by atoms with Crippen molar-refractivity contribution in [3.05, 3.63) is 16.1 Å². The van der Waals surface area contributed by atoms with E-state index in [9.17, 15) is 13.2 Å². The molecule has 1 aromatic heterocycles. The van der Waals surface area contributed by atoms with E-state index in [2.05, 4.69) is 4.98 Å². The van der Waals surface area contributed by atoms with E-state index in [1.165, 1.54) is 22.5 Å². The molecule has 2 rings (SSSR count). The monoisotopic (exact) mass is 335 g/mol. The van der Waals surface area contributed by atoms with Crippen molar-refractivity contribution in [1.29, 1.82) is 0 Å². The number of nitrogens with two attached hydrogens (primary N) is 1. The van der Waals surface area contributed by atoms with E-state index in [0.29, 0.717) is 31.0 Å². The van der Waals surface area contributed by atoms with Crippen molar-refractivity contribution < 1.29 is 13.2 Å². The van der Waals surface area contributed by atoms with Gasteiger partial charge in [0.15, 0.2) is 9.84 Å². The largest absolute Gasteiger partial charge is 0.330 e. The Morgan fingerprint density at radius 1 is 1.60 bits per heavy atom. The first-order valence-electron chi connectivity index (χ1n) is 6.15. The van der Waals surface area contributed by atoms with Crippen LogP contribution in [-0.2, 0) is 16.3 Å². The third-order valence-electron chi connectivity index (χ3n) is 2.97. The number of hydrogen-bond donors (Lipinski definition) is 1. The van der Waals surface area contributed by atoms with Gasteiger partial charge in [-0.3, -0.25) is 4.79 Å². The summed E-state index contributed by atoms with van der Waals surface area (Å²) >= 11 is 2.93. The fourth-order valence-corrected chi connectivity index (χ4v) is 5.57. The third-order valence-corrected chi connectivity index (χ3v) is 6.52. The van der Waals surface area contributed by atoms with Crippen molar-refractivity contribution in [2.75, 3.05) is 30.9 Å². The molecule has 1 unspecified atom stereocenters. The van der Waals surface area contributed by atoms with Crippen LogP contribution in [0.3, 0.4) is 0 Å². The molecule has 1 aliphatic rings. The van der Waals surface area contributed by atoms with Crippen LogP contribution < -0.4 is 5.73 Å². The van der Waals surface area contributed by atoms with Crippen LogP contribution in [0.25, 0.3) is 0 Å². The highest BCUT2D eigenvalue weighted by Gasteiger charge is 2.35. The molecule has 1 aliphatic heterocycles. The molecule has 1 aromatic rings. The van der Waals surface area contributed by atoms with E-state index in [-0.39, 0.29) is 5.91 Å². The van der Waals surface area contributed by atoms with Gasteiger partial charge < -0.3 is 10.6 Å². The second-order valence-corrected chi connectivity index (χ2v) is 8.82. The zero-order valence-corrected chi connectivity index (χ0v) is 13.6. The summed E-state index contributed by atoms with van der Waals surface area (Å²) in [5, 5.41) is 1.72. The highest BCUT2D eigenvalue weighted by atomic mass is 32.2. The van der Waals surface area contributed by atoms with Crippen molar-refractivity contribution in [3.63, 3.8) is 0 Å². The highest BCUT2D eigenvalue weighted by Crippen LogP contribution is 2.23. The van der Waals surface area contributed by atoms with Gasteiger partial charge in [0.25, 0.3) is 5.91 Å². The molecule has 1 fully saturated rings. The van der Waals surface area contributed by atoms with Gasteiger partial charge in [0.05, 0.1) is 5.01 Å². The maximum Gasteiger partial charge on any atom is 0.274 e. The number of carbonyl (C=O) groups excluding carboxylic acids is 1. The van der Waals surface area contributed by atoms with Gasteiger partial charge in [0, 0.05) is 36.1 Å². The molecule has 1 amide bonds. The van der Waals surface area contributed by atoms with Crippen LogP contribution in [0, 0.1) is 0 Å². The van der Waals surface area contributed by atoms with Crippen LogP contribution in [-0.4, -0.2) is 60.4 Å². The minimum absolute atomic E-state index is 0.305. The van der Waals surface area contributed by atoms with Crippen molar-refractivity contribution in [2.45, 2.75) is 11.8 Å². The molecule has 112 valence electrons. The van der Waals surface area contributed by atoms with E-state index in [1.807, 2.05) is 0 Å². The van der Waals surface area contributed by atoms with Crippen LogP contribution in [0.15, 0.2) is 5.38 Å². The lowest BCUT2D eigenvalue weighted by molar-refractivity contribution is 0.0744. The minimum atomic E-state index is -3.29. The van der Waals surface area contributed by atoms with E-state index >= 15 is 0 Å². The molecular weight excluding hydrogens is 318 g/mol. The Bertz CT molecular complexity index is 585. The first-order valence-corrected chi connectivity index (χ1v) is 10.1. The number of hydrogen-bond acceptors (Lipinski definition) is 7. The highest BCUT2D eigenvalue weighted by molar-refractivity contribution is 8.00. The Balaban J connectivity index is 2.20. The maximum absolute atomic E-state index is 12.4. The molecule has 20 heavy (non-hydrogen) atoms. The van der Waals surface area contributed by atoms with E-state index in [4.69, 9.17) is 5.73 Å². The average molecular weight is 335 g/mol. The Hall–Kier alpha value is -0.640. The zero-order chi connectivity index (χ0) is 14.8. The molecule has 0 aromatic carbocycles. The molecule has 9 heteroatoms. The number of aromatic nitrogens is 1. The summed E-state index contributed by atoms with van der Waals surface area (Å²) in [6.45, 7) is 0.915. The van der Waals surface area contributed by atoms with Crippen molar-refractivity contribution in [1.82, 2.24) is 9.88 Å². The van der Waals surface area contributed by atoms with Crippen LogP contribution in [0.4, 0.5) is 0 Å². The number of carbonyl (C=O) groups is 1.